The average Bonchev–Trinajstić information content (AvgIpc) is 3.08. The van der Waals surface area contributed by atoms with E-state index >= 15 is 0 Å². The van der Waals surface area contributed by atoms with Crippen LogP contribution in [-0.2, 0) is 34.5 Å². The highest BCUT2D eigenvalue weighted by Crippen LogP contribution is 2.18. The Labute approximate surface area is 170 Å². The molecule has 0 saturated carbocycles. The highest BCUT2D eigenvalue weighted by Gasteiger charge is 2.22. The molecule has 1 amide bonds. The van der Waals surface area contributed by atoms with E-state index in [2.05, 4.69) is 16.7 Å². The first kappa shape index (κ1) is 21.7. The van der Waals surface area contributed by atoms with Crippen molar-refractivity contribution < 1.29 is 13.2 Å². The predicted octanol–water partition coefficient (Wildman–Crippen LogP) is 2.30. The first-order chi connectivity index (χ1) is 12.4. The lowest BCUT2D eigenvalue weighted by Gasteiger charge is -2.17. The Kier molecular flexibility index (Phi) is 7.25. The second-order valence-corrected chi connectivity index (χ2v) is 8.68. The molecule has 2 aromatic carbocycles. The summed E-state index contributed by atoms with van der Waals surface area (Å²) in [5.41, 5.74) is 3.50. The lowest BCUT2D eigenvalue weighted by molar-refractivity contribution is -0.121. The van der Waals surface area contributed by atoms with Gasteiger partial charge < -0.3 is 10.6 Å². The van der Waals surface area contributed by atoms with Gasteiger partial charge in [0.15, 0.2) is 0 Å². The van der Waals surface area contributed by atoms with Crippen molar-refractivity contribution in [2.75, 3.05) is 13.6 Å². The van der Waals surface area contributed by atoms with Crippen LogP contribution in [-0.4, -0.2) is 32.2 Å². The number of fused-ring (bicyclic) bond motifs is 1. The summed E-state index contributed by atoms with van der Waals surface area (Å²) in [5, 5.41) is 6.49. The first-order valence-electron chi connectivity index (χ1n) is 8.16. The quantitative estimate of drug-likeness (QED) is 0.738. The van der Waals surface area contributed by atoms with Crippen LogP contribution in [0.25, 0.3) is 0 Å². The van der Waals surface area contributed by atoms with Gasteiger partial charge in [-0.25, -0.2) is 8.42 Å². The van der Waals surface area contributed by atoms with Crippen LogP contribution in [0.15, 0.2) is 47.4 Å². The van der Waals surface area contributed by atoms with Crippen LogP contribution in [0, 0.1) is 0 Å². The Balaban J connectivity index is 0.00000261. The van der Waals surface area contributed by atoms with E-state index < -0.39 is 10.0 Å². The molecule has 1 aliphatic rings. The molecule has 0 unspecified atom stereocenters. The first-order valence-corrected chi connectivity index (χ1v) is 9.98. The summed E-state index contributed by atoms with van der Waals surface area (Å²) in [7, 11) is -2.36. The normalized spacial score (nSPS) is 13.1. The van der Waals surface area contributed by atoms with Gasteiger partial charge in [0.05, 0.1) is 11.4 Å². The number of rotatable bonds is 6. The molecule has 1 heterocycles. The third kappa shape index (κ3) is 5.21. The zero-order valence-electron chi connectivity index (χ0n) is 14.7. The van der Waals surface area contributed by atoms with Crippen LogP contribution in [0.4, 0.5) is 0 Å². The van der Waals surface area contributed by atoms with E-state index in [0.29, 0.717) is 11.6 Å². The minimum absolute atomic E-state index is 0. The minimum Gasteiger partial charge on any atom is -0.351 e. The molecule has 0 radical (unpaired) electrons. The van der Waals surface area contributed by atoms with Gasteiger partial charge in [-0.1, -0.05) is 29.8 Å². The number of nitrogens with one attached hydrogen (secondary N) is 2. The van der Waals surface area contributed by atoms with Gasteiger partial charge in [-0.05, 0) is 41.0 Å². The summed E-state index contributed by atoms with van der Waals surface area (Å²) in [6.45, 7) is 1.81. The fourth-order valence-electron chi connectivity index (χ4n) is 2.79. The van der Waals surface area contributed by atoms with E-state index in [9.17, 15) is 13.2 Å². The Hall–Kier alpha value is -1.64. The summed E-state index contributed by atoms with van der Waals surface area (Å²) in [6, 6.07) is 11.9. The highest BCUT2D eigenvalue weighted by molar-refractivity contribution is 7.89. The maximum absolute atomic E-state index is 12.5. The van der Waals surface area contributed by atoms with Crippen molar-refractivity contribution in [3.63, 3.8) is 0 Å². The zero-order valence-corrected chi connectivity index (χ0v) is 17.1. The smallest absolute Gasteiger partial charge is 0.243 e. The lowest BCUT2D eigenvalue weighted by Crippen LogP contribution is -2.38. The second-order valence-electron chi connectivity index (χ2n) is 6.20. The van der Waals surface area contributed by atoms with Crippen molar-refractivity contribution in [2.24, 2.45) is 0 Å². The van der Waals surface area contributed by atoms with E-state index in [4.69, 9.17) is 11.6 Å². The molecular formula is C18H21Cl2N3O3S. The number of benzene rings is 2. The number of carbonyl (C=O) groups excluding carboxylic acids is 1. The van der Waals surface area contributed by atoms with Gasteiger partial charge in [0.25, 0.3) is 0 Å². The second kappa shape index (κ2) is 9.03. The van der Waals surface area contributed by atoms with Crippen molar-refractivity contribution in [2.45, 2.75) is 24.5 Å². The van der Waals surface area contributed by atoms with E-state index in [-0.39, 0.29) is 29.8 Å². The highest BCUT2D eigenvalue weighted by atomic mass is 35.5. The van der Waals surface area contributed by atoms with E-state index in [1.54, 1.807) is 0 Å². The number of likely N-dealkylation sites (N-methyl/N-ethyl adjacent to an activating group) is 1. The van der Waals surface area contributed by atoms with Crippen LogP contribution in [0.5, 0.6) is 0 Å². The number of carbonyl (C=O) groups is 1. The van der Waals surface area contributed by atoms with Crippen molar-refractivity contribution in [1.29, 1.82) is 0 Å². The van der Waals surface area contributed by atoms with Crippen LogP contribution in [0.1, 0.15) is 16.7 Å². The standard InChI is InChI=1S/C18H20ClN3O3S.ClH/c1-22(26(24,25)17-6-4-16(19)5-7-17)12-18(23)21-9-13-2-3-14-10-20-11-15(14)8-13;/h2-8,20H,9-12H2,1H3,(H,21,23);1H. The van der Waals surface area contributed by atoms with Crippen molar-refractivity contribution in [1.82, 2.24) is 14.9 Å². The van der Waals surface area contributed by atoms with Crippen LogP contribution in [0.3, 0.4) is 0 Å². The SMILES string of the molecule is CN(CC(=O)NCc1ccc2c(c1)CNC2)S(=O)(=O)c1ccc(Cl)cc1.Cl. The number of hydrogen-bond acceptors (Lipinski definition) is 4. The molecular weight excluding hydrogens is 409 g/mol. The molecule has 0 saturated heterocycles. The maximum atomic E-state index is 12.5. The number of sulfonamides is 1. The molecule has 27 heavy (non-hydrogen) atoms. The lowest BCUT2D eigenvalue weighted by atomic mass is 10.1. The van der Waals surface area contributed by atoms with Gasteiger partial charge in [0.2, 0.25) is 15.9 Å². The Morgan fingerprint density at radius 2 is 1.81 bits per heavy atom. The molecule has 0 spiro atoms. The molecule has 0 bridgehead atoms. The van der Waals surface area contributed by atoms with Gasteiger partial charge >= 0.3 is 0 Å². The van der Waals surface area contributed by atoms with Gasteiger partial charge in [0, 0.05) is 31.7 Å². The molecule has 0 aromatic heterocycles. The van der Waals surface area contributed by atoms with E-state index in [1.807, 2.05) is 12.1 Å². The number of amides is 1. The van der Waals surface area contributed by atoms with Gasteiger partial charge in [-0.15, -0.1) is 12.4 Å². The van der Waals surface area contributed by atoms with Crippen molar-refractivity contribution in [3.05, 3.63) is 64.2 Å². The van der Waals surface area contributed by atoms with Crippen LogP contribution >= 0.6 is 24.0 Å². The molecule has 1 aliphatic heterocycles. The molecule has 3 rings (SSSR count). The molecule has 0 atom stereocenters. The van der Waals surface area contributed by atoms with E-state index in [0.717, 1.165) is 23.0 Å². The summed E-state index contributed by atoms with van der Waals surface area (Å²) >= 11 is 5.78. The molecule has 2 aromatic rings. The third-order valence-corrected chi connectivity index (χ3v) is 6.35. The largest absolute Gasteiger partial charge is 0.351 e. The van der Waals surface area contributed by atoms with Gasteiger partial charge in [0.1, 0.15) is 0 Å². The Morgan fingerprint density at radius 1 is 1.15 bits per heavy atom. The summed E-state index contributed by atoms with van der Waals surface area (Å²) in [4.78, 5) is 12.2. The molecule has 146 valence electrons. The fourth-order valence-corrected chi connectivity index (χ4v) is 4.04. The van der Waals surface area contributed by atoms with Crippen molar-refractivity contribution in [3.8, 4) is 0 Å². The monoisotopic (exact) mass is 429 g/mol. The van der Waals surface area contributed by atoms with Crippen LogP contribution < -0.4 is 10.6 Å². The number of nitrogens with zero attached hydrogens (tertiary/aromatic N) is 1. The minimum atomic E-state index is -3.74. The van der Waals surface area contributed by atoms with Crippen LogP contribution in [0.2, 0.25) is 5.02 Å². The zero-order chi connectivity index (χ0) is 18.7. The summed E-state index contributed by atoms with van der Waals surface area (Å²) in [5.74, 6) is -0.358. The van der Waals surface area contributed by atoms with E-state index in [1.165, 1.54) is 42.4 Å². The molecule has 2 N–H and O–H groups in total. The topological polar surface area (TPSA) is 78.5 Å². The third-order valence-electron chi connectivity index (χ3n) is 4.28. The molecule has 0 aliphatic carbocycles. The molecule has 9 heteroatoms. The molecule has 6 nitrogen and oxygen atoms in total. The number of halogens is 2. The average molecular weight is 430 g/mol. The van der Waals surface area contributed by atoms with Gasteiger partial charge in [-0.3, -0.25) is 4.79 Å². The maximum Gasteiger partial charge on any atom is 0.243 e. The Bertz CT molecular complexity index is 918. The summed E-state index contributed by atoms with van der Waals surface area (Å²) < 4.78 is 26.0. The van der Waals surface area contributed by atoms with Gasteiger partial charge in [-0.2, -0.15) is 4.31 Å². The predicted molar refractivity (Wildman–Crippen MR) is 107 cm³/mol. The summed E-state index contributed by atoms with van der Waals surface area (Å²) in [6.07, 6.45) is 0. The number of hydrogen-bond donors (Lipinski definition) is 2. The molecule has 0 fully saturated rings. The fraction of sp³-hybridized carbons (Fsp3) is 0.278. The van der Waals surface area contributed by atoms with Crippen molar-refractivity contribution >= 4 is 39.9 Å². The Morgan fingerprint density at radius 3 is 2.52 bits per heavy atom.